The first-order valence-corrected chi connectivity index (χ1v) is 8.96. The molecule has 0 saturated carbocycles. The highest BCUT2D eigenvalue weighted by atomic mass is 16.5. The second-order valence-electron chi connectivity index (χ2n) is 6.47. The van der Waals surface area contributed by atoms with Gasteiger partial charge in [-0.25, -0.2) is 0 Å². The Morgan fingerprint density at radius 1 is 0.923 bits per heavy atom. The maximum atomic E-state index is 13.1. The predicted octanol–water partition coefficient (Wildman–Crippen LogP) is 3.93. The molecule has 0 aliphatic carbocycles. The normalized spacial score (nSPS) is 14.4. The zero-order chi connectivity index (χ0) is 17.9. The van der Waals surface area contributed by atoms with Gasteiger partial charge in [-0.2, -0.15) is 0 Å². The molecule has 4 rings (SSSR count). The van der Waals surface area contributed by atoms with Crippen molar-refractivity contribution in [2.45, 2.75) is 6.92 Å². The van der Waals surface area contributed by atoms with Crippen molar-refractivity contribution in [3.63, 3.8) is 0 Å². The number of ether oxygens (including phenoxy) is 1. The standard InChI is InChI=1S/C22H22N2O2/c1-17-20(22(25)23-12-14-26-15-13-23)16-21(18-8-4-2-5-9-18)24(17)19-10-6-3-7-11-19/h2-11,16H,12-15H2,1H3. The summed E-state index contributed by atoms with van der Waals surface area (Å²) in [6.07, 6.45) is 0. The van der Waals surface area contributed by atoms with E-state index in [1.54, 1.807) is 0 Å². The van der Waals surface area contributed by atoms with Gasteiger partial charge in [0.2, 0.25) is 0 Å². The number of hydrogen-bond acceptors (Lipinski definition) is 2. The van der Waals surface area contributed by atoms with Crippen LogP contribution in [0.5, 0.6) is 0 Å². The van der Waals surface area contributed by atoms with Gasteiger partial charge in [0, 0.05) is 24.5 Å². The summed E-state index contributed by atoms with van der Waals surface area (Å²) in [4.78, 5) is 15.0. The molecule has 132 valence electrons. The Hall–Kier alpha value is -2.85. The number of para-hydroxylation sites is 1. The third kappa shape index (κ3) is 3.04. The van der Waals surface area contributed by atoms with Crippen molar-refractivity contribution in [3.05, 3.63) is 78.0 Å². The average molecular weight is 346 g/mol. The van der Waals surface area contributed by atoms with Crippen molar-refractivity contribution in [1.82, 2.24) is 9.47 Å². The number of amides is 1. The Kier molecular flexibility index (Phi) is 4.59. The number of morpholine rings is 1. The molecule has 1 aliphatic heterocycles. The van der Waals surface area contributed by atoms with Crippen LogP contribution in [0.25, 0.3) is 16.9 Å². The lowest BCUT2D eigenvalue weighted by molar-refractivity contribution is 0.0302. The van der Waals surface area contributed by atoms with Crippen LogP contribution in [0.3, 0.4) is 0 Å². The average Bonchev–Trinajstić information content (AvgIpc) is 3.06. The maximum Gasteiger partial charge on any atom is 0.255 e. The second kappa shape index (κ2) is 7.18. The molecule has 2 heterocycles. The first-order chi connectivity index (χ1) is 12.8. The Labute approximate surface area is 153 Å². The van der Waals surface area contributed by atoms with Gasteiger partial charge < -0.3 is 14.2 Å². The third-order valence-corrected chi connectivity index (χ3v) is 4.86. The minimum absolute atomic E-state index is 0.0812. The lowest BCUT2D eigenvalue weighted by Gasteiger charge is -2.26. The zero-order valence-electron chi connectivity index (χ0n) is 14.9. The summed E-state index contributed by atoms with van der Waals surface area (Å²) in [6, 6.07) is 22.4. The quantitative estimate of drug-likeness (QED) is 0.720. The monoisotopic (exact) mass is 346 g/mol. The van der Waals surface area contributed by atoms with E-state index in [1.165, 1.54) is 0 Å². The van der Waals surface area contributed by atoms with E-state index >= 15 is 0 Å². The van der Waals surface area contributed by atoms with Gasteiger partial charge in [-0.1, -0.05) is 48.5 Å². The fourth-order valence-corrected chi connectivity index (χ4v) is 3.49. The molecule has 1 fully saturated rings. The molecule has 0 radical (unpaired) electrons. The molecule has 0 atom stereocenters. The number of benzene rings is 2. The predicted molar refractivity (Wildman–Crippen MR) is 103 cm³/mol. The third-order valence-electron chi connectivity index (χ3n) is 4.86. The van der Waals surface area contributed by atoms with Crippen LogP contribution in [0, 0.1) is 6.92 Å². The van der Waals surface area contributed by atoms with Crippen molar-refractivity contribution >= 4 is 5.91 Å². The largest absolute Gasteiger partial charge is 0.378 e. The van der Waals surface area contributed by atoms with Gasteiger partial charge >= 0.3 is 0 Å². The molecule has 1 amide bonds. The summed E-state index contributed by atoms with van der Waals surface area (Å²) in [7, 11) is 0. The molecule has 4 nitrogen and oxygen atoms in total. The van der Waals surface area contributed by atoms with Gasteiger partial charge in [0.15, 0.2) is 0 Å². The summed E-state index contributed by atoms with van der Waals surface area (Å²) in [5.74, 6) is 0.0812. The van der Waals surface area contributed by atoms with E-state index in [2.05, 4.69) is 28.8 Å². The van der Waals surface area contributed by atoms with E-state index in [9.17, 15) is 4.79 Å². The van der Waals surface area contributed by atoms with Crippen LogP contribution in [0.2, 0.25) is 0 Å². The minimum Gasteiger partial charge on any atom is -0.378 e. The van der Waals surface area contributed by atoms with Gasteiger partial charge in [0.1, 0.15) is 0 Å². The zero-order valence-corrected chi connectivity index (χ0v) is 14.9. The summed E-state index contributed by atoms with van der Waals surface area (Å²) in [6.45, 7) is 4.53. The van der Waals surface area contributed by atoms with E-state index in [1.807, 2.05) is 54.3 Å². The Balaban J connectivity index is 1.84. The van der Waals surface area contributed by atoms with Crippen molar-refractivity contribution in [2.24, 2.45) is 0 Å². The highest BCUT2D eigenvalue weighted by molar-refractivity contribution is 5.97. The van der Waals surface area contributed by atoms with Crippen LogP contribution in [-0.4, -0.2) is 41.7 Å². The second-order valence-corrected chi connectivity index (χ2v) is 6.47. The molecule has 3 aromatic rings. The molecule has 0 bridgehead atoms. The Bertz CT molecular complexity index is 895. The maximum absolute atomic E-state index is 13.1. The minimum atomic E-state index is 0.0812. The number of rotatable bonds is 3. The van der Waals surface area contributed by atoms with E-state index in [4.69, 9.17) is 4.74 Å². The molecule has 2 aromatic carbocycles. The van der Waals surface area contributed by atoms with Gasteiger partial charge in [-0.3, -0.25) is 4.79 Å². The number of carbonyl (C=O) groups excluding carboxylic acids is 1. The van der Waals surface area contributed by atoms with Gasteiger partial charge in [-0.15, -0.1) is 0 Å². The first kappa shape index (κ1) is 16.6. The molecule has 4 heteroatoms. The summed E-state index contributed by atoms with van der Waals surface area (Å²) >= 11 is 0. The summed E-state index contributed by atoms with van der Waals surface area (Å²) in [5, 5.41) is 0. The van der Waals surface area contributed by atoms with Gasteiger partial charge in [-0.05, 0) is 30.7 Å². The van der Waals surface area contributed by atoms with E-state index in [-0.39, 0.29) is 5.91 Å². The van der Waals surface area contributed by atoms with Crippen LogP contribution in [0.15, 0.2) is 66.7 Å². The lowest BCUT2D eigenvalue weighted by Crippen LogP contribution is -2.40. The van der Waals surface area contributed by atoms with Gasteiger partial charge in [0.25, 0.3) is 5.91 Å². The molecule has 0 spiro atoms. The van der Waals surface area contributed by atoms with E-state index in [0.29, 0.717) is 26.3 Å². The molecule has 0 N–H and O–H groups in total. The van der Waals surface area contributed by atoms with Crippen molar-refractivity contribution in [3.8, 4) is 16.9 Å². The Morgan fingerprint density at radius 2 is 1.54 bits per heavy atom. The van der Waals surface area contributed by atoms with Crippen LogP contribution in [0.1, 0.15) is 16.1 Å². The fourth-order valence-electron chi connectivity index (χ4n) is 3.49. The number of hydrogen-bond donors (Lipinski definition) is 0. The molecule has 1 aromatic heterocycles. The molecule has 1 aliphatic rings. The van der Waals surface area contributed by atoms with Crippen LogP contribution < -0.4 is 0 Å². The number of nitrogens with zero attached hydrogens (tertiary/aromatic N) is 2. The summed E-state index contributed by atoms with van der Waals surface area (Å²) < 4.78 is 7.55. The van der Waals surface area contributed by atoms with Crippen LogP contribution >= 0.6 is 0 Å². The molecule has 1 saturated heterocycles. The van der Waals surface area contributed by atoms with E-state index < -0.39 is 0 Å². The molecule has 0 unspecified atom stereocenters. The Morgan fingerprint density at radius 3 is 2.19 bits per heavy atom. The fraction of sp³-hybridized carbons (Fsp3) is 0.227. The van der Waals surface area contributed by atoms with Crippen LogP contribution in [0.4, 0.5) is 0 Å². The molecular formula is C22H22N2O2. The smallest absolute Gasteiger partial charge is 0.255 e. The number of carbonyl (C=O) groups is 1. The first-order valence-electron chi connectivity index (χ1n) is 8.96. The topological polar surface area (TPSA) is 34.5 Å². The molecular weight excluding hydrogens is 324 g/mol. The summed E-state index contributed by atoms with van der Waals surface area (Å²) in [5.41, 5.74) is 4.91. The highest BCUT2D eigenvalue weighted by Crippen LogP contribution is 2.30. The SMILES string of the molecule is Cc1c(C(=O)N2CCOCC2)cc(-c2ccccc2)n1-c1ccccc1. The molecule has 26 heavy (non-hydrogen) atoms. The van der Waals surface area contributed by atoms with Crippen molar-refractivity contribution < 1.29 is 9.53 Å². The van der Waals surface area contributed by atoms with Crippen molar-refractivity contribution in [1.29, 1.82) is 0 Å². The lowest BCUT2D eigenvalue weighted by atomic mass is 10.1. The van der Waals surface area contributed by atoms with Crippen LogP contribution in [-0.2, 0) is 4.74 Å². The van der Waals surface area contributed by atoms with E-state index in [0.717, 1.165) is 28.2 Å². The van der Waals surface area contributed by atoms with Gasteiger partial charge in [0.05, 0.1) is 24.5 Å². The number of aromatic nitrogens is 1. The highest BCUT2D eigenvalue weighted by Gasteiger charge is 2.24. The van der Waals surface area contributed by atoms with Crippen molar-refractivity contribution in [2.75, 3.05) is 26.3 Å².